The lowest BCUT2D eigenvalue weighted by Gasteiger charge is -2.07. The predicted molar refractivity (Wildman–Crippen MR) is 95.0 cm³/mol. The van der Waals surface area contributed by atoms with Gasteiger partial charge in [0.2, 0.25) is 0 Å². The van der Waals surface area contributed by atoms with Gasteiger partial charge in [-0.2, -0.15) is 0 Å². The number of hydrogen-bond acceptors (Lipinski definition) is 4. The third-order valence-electron chi connectivity index (χ3n) is 3.11. The van der Waals surface area contributed by atoms with E-state index < -0.39 is 36.1 Å². The van der Waals surface area contributed by atoms with Gasteiger partial charge in [0.1, 0.15) is 11.6 Å². The van der Waals surface area contributed by atoms with Gasteiger partial charge >= 0.3 is 12.0 Å². The molecule has 0 fully saturated rings. The lowest BCUT2D eigenvalue weighted by atomic mass is 10.2. The third kappa shape index (κ3) is 6.19. The number of imide groups is 1. The summed E-state index contributed by atoms with van der Waals surface area (Å²) < 4.78 is 31.5. The van der Waals surface area contributed by atoms with E-state index in [2.05, 4.69) is 10.1 Å². The molecule has 2 aromatic rings. The summed E-state index contributed by atoms with van der Waals surface area (Å²) in [6, 6.07) is 8.39. The van der Waals surface area contributed by atoms with Crippen molar-refractivity contribution in [2.24, 2.45) is 0 Å². The minimum atomic E-state index is -0.991. The van der Waals surface area contributed by atoms with Gasteiger partial charge in [-0.15, -0.1) is 0 Å². The Hall–Kier alpha value is -3.26. The van der Waals surface area contributed by atoms with E-state index in [1.807, 2.05) is 5.32 Å². The quantitative estimate of drug-likeness (QED) is 0.600. The highest BCUT2D eigenvalue weighted by molar-refractivity contribution is 6.32. The molecule has 0 aromatic heterocycles. The first-order valence-corrected chi connectivity index (χ1v) is 7.89. The van der Waals surface area contributed by atoms with Crippen LogP contribution in [0.25, 0.3) is 6.08 Å². The van der Waals surface area contributed by atoms with E-state index >= 15 is 0 Å². The van der Waals surface area contributed by atoms with Crippen LogP contribution in [0.3, 0.4) is 0 Å². The molecule has 0 heterocycles. The molecule has 0 unspecified atom stereocenters. The summed E-state index contributed by atoms with van der Waals surface area (Å²) in [5.74, 6) is -3.19. The Morgan fingerprint density at radius 1 is 1.04 bits per heavy atom. The SMILES string of the molecule is O=C(COC(=O)/C=C/c1c(F)cccc1Cl)NC(=O)Nc1ccccc1F. The highest BCUT2D eigenvalue weighted by atomic mass is 35.5. The number of benzene rings is 2. The van der Waals surface area contributed by atoms with Crippen LogP contribution in [0.1, 0.15) is 5.56 Å². The molecule has 27 heavy (non-hydrogen) atoms. The second kappa shape index (κ2) is 9.44. The van der Waals surface area contributed by atoms with Crippen LogP contribution in [-0.4, -0.2) is 24.5 Å². The first kappa shape index (κ1) is 20.1. The van der Waals surface area contributed by atoms with Crippen molar-refractivity contribution in [2.75, 3.05) is 11.9 Å². The molecule has 0 saturated carbocycles. The number of amides is 3. The molecule has 0 radical (unpaired) electrons. The average molecular weight is 395 g/mol. The number of nitrogens with one attached hydrogen (secondary N) is 2. The lowest BCUT2D eigenvalue weighted by Crippen LogP contribution is -2.37. The summed E-state index contributed by atoms with van der Waals surface area (Å²) in [4.78, 5) is 34.7. The monoisotopic (exact) mass is 394 g/mol. The Balaban J connectivity index is 1.81. The molecule has 0 aliphatic rings. The maximum atomic E-state index is 13.5. The van der Waals surface area contributed by atoms with Crippen molar-refractivity contribution in [3.8, 4) is 0 Å². The number of halogens is 3. The van der Waals surface area contributed by atoms with Crippen LogP contribution in [-0.2, 0) is 14.3 Å². The van der Waals surface area contributed by atoms with Crippen molar-refractivity contribution in [1.29, 1.82) is 0 Å². The molecule has 9 heteroatoms. The van der Waals surface area contributed by atoms with Crippen LogP contribution in [0.2, 0.25) is 5.02 Å². The van der Waals surface area contributed by atoms with Crippen molar-refractivity contribution in [3.05, 3.63) is 70.8 Å². The van der Waals surface area contributed by atoms with Gasteiger partial charge in [0, 0.05) is 11.6 Å². The van der Waals surface area contributed by atoms with E-state index in [9.17, 15) is 23.2 Å². The molecule has 0 spiro atoms. The molecule has 140 valence electrons. The van der Waals surface area contributed by atoms with Crippen LogP contribution in [0.4, 0.5) is 19.3 Å². The second-order valence-electron chi connectivity index (χ2n) is 5.06. The van der Waals surface area contributed by atoms with Crippen molar-refractivity contribution < 1.29 is 27.9 Å². The van der Waals surface area contributed by atoms with E-state index in [0.717, 1.165) is 18.2 Å². The van der Waals surface area contributed by atoms with Crippen LogP contribution >= 0.6 is 11.6 Å². The van der Waals surface area contributed by atoms with Crippen LogP contribution < -0.4 is 10.6 Å². The fourth-order valence-electron chi connectivity index (χ4n) is 1.88. The van der Waals surface area contributed by atoms with Crippen LogP contribution in [0.5, 0.6) is 0 Å². The van der Waals surface area contributed by atoms with E-state index in [1.54, 1.807) is 0 Å². The van der Waals surface area contributed by atoms with Gasteiger partial charge in [0.05, 0.1) is 10.7 Å². The van der Waals surface area contributed by atoms with Gasteiger partial charge in [-0.25, -0.2) is 18.4 Å². The fourth-order valence-corrected chi connectivity index (χ4v) is 2.11. The number of ether oxygens (including phenoxy) is 1. The molecule has 0 aliphatic heterocycles. The summed E-state index contributed by atoms with van der Waals surface area (Å²) in [5, 5.41) is 4.09. The van der Waals surface area contributed by atoms with E-state index in [0.29, 0.717) is 0 Å². The number of urea groups is 1. The number of hydrogen-bond donors (Lipinski definition) is 2. The van der Waals surface area contributed by atoms with Gasteiger partial charge in [-0.05, 0) is 30.3 Å². The van der Waals surface area contributed by atoms with E-state index in [-0.39, 0.29) is 16.3 Å². The summed E-state index contributed by atoms with van der Waals surface area (Å²) in [7, 11) is 0. The number of anilines is 1. The molecule has 0 bridgehead atoms. The van der Waals surface area contributed by atoms with Crippen LogP contribution in [0.15, 0.2) is 48.5 Å². The maximum Gasteiger partial charge on any atom is 0.331 e. The molecule has 6 nitrogen and oxygen atoms in total. The molecule has 0 saturated heterocycles. The molecule has 2 aromatic carbocycles. The Morgan fingerprint density at radius 2 is 1.74 bits per heavy atom. The van der Waals surface area contributed by atoms with Crippen molar-refractivity contribution in [1.82, 2.24) is 5.32 Å². The molecule has 0 atom stereocenters. The molecule has 3 amide bonds. The highest BCUT2D eigenvalue weighted by Gasteiger charge is 2.12. The first-order valence-electron chi connectivity index (χ1n) is 7.51. The van der Waals surface area contributed by atoms with Gasteiger partial charge in [0.15, 0.2) is 6.61 Å². The maximum absolute atomic E-state index is 13.5. The Bertz CT molecular complexity index is 882. The van der Waals surface area contributed by atoms with Crippen LogP contribution in [0, 0.1) is 11.6 Å². The molecular formula is C18H13ClF2N2O4. The second-order valence-corrected chi connectivity index (χ2v) is 5.47. The molecular weight excluding hydrogens is 382 g/mol. The van der Waals surface area contributed by atoms with E-state index in [4.69, 9.17) is 11.6 Å². The summed E-state index contributed by atoms with van der Waals surface area (Å²) in [5.41, 5.74) is -0.130. The van der Waals surface area contributed by atoms with E-state index in [1.165, 1.54) is 36.4 Å². The zero-order chi connectivity index (χ0) is 19.8. The summed E-state index contributed by atoms with van der Waals surface area (Å²) in [6.45, 7) is -0.765. The predicted octanol–water partition coefficient (Wildman–Crippen LogP) is 3.52. The average Bonchev–Trinajstić information content (AvgIpc) is 2.61. The normalized spacial score (nSPS) is 10.5. The Kier molecular flexibility index (Phi) is 7.01. The summed E-state index contributed by atoms with van der Waals surface area (Å²) in [6.07, 6.45) is 1.99. The smallest absolute Gasteiger partial charge is 0.331 e. The number of rotatable bonds is 5. The van der Waals surface area contributed by atoms with Gasteiger partial charge in [-0.1, -0.05) is 29.8 Å². The zero-order valence-electron chi connectivity index (χ0n) is 13.7. The van der Waals surface area contributed by atoms with Gasteiger partial charge in [-0.3, -0.25) is 10.1 Å². The van der Waals surface area contributed by atoms with Crippen molar-refractivity contribution >= 4 is 41.3 Å². The minimum Gasteiger partial charge on any atom is -0.452 e. The largest absolute Gasteiger partial charge is 0.452 e. The topological polar surface area (TPSA) is 84.5 Å². The number of para-hydroxylation sites is 1. The molecule has 2 N–H and O–H groups in total. The lowest BCUT2D eigenvalue weighted by molar-refractivity contribution is -0.143. The number of esters is 1. The minimum absolute atomic E-state index is 0.00941. The number of carbonyl (C=O) groups excluding carboxylic acids is 3. The zero-order valence-corrected chi connectivity index (χ0v) is 14.4. The third-order valence-corrected chi connectivity index (χ3v) is 3.44. The summed E-state index contributed by atoms with van der Waals surface area (Å²) >= 11 is 5.80. The first-order chi connectivity index (χ1) is 12.9. The molecule has 2 rings (SSSR count). The fraction of sp³-hybridized carbons (Fsp3) is 0.0556. The van der Waals surface area contributed by atoms with Gasteiger partial charge < -0.3 is 10.1 Å². The number of carbonyl (C=O) groups is 3. The highest BCUT2D eigenvalue weighted by Crippen LogP contribution is 2.20. The van der Waals surface area contributed by atoms with Gasteiger partial charge in [0.25, 0.3) is 5.91 Å². The Morgan fingerprint density at radius 3 is 2.44 bits per heavy atom. The molecule has 0 aliphatic carbocycles. The van der Waals surface area contributed by atoms with Crippen molar-refractivity contribution in [2.45, 2.75) is 0 Å². The standard InChI is InChI=1S/C18H13ClF2N2O4/c19-12-4-3-6-13(20)11(12)8-9-17(25)27-10-16(24)23-18(26)22-15-7-2-1-5-14(15)21/h1-9H,10H2,(H2,22,23,24,26)/b9-8+. The Labute approximate surface area is 157 Å². The van der Waals surface area contributed by atoms with Crippen molar-refractivity contribution in [3.63, 3.8) is 0 Å².